The second-order valence-electron chi connectivity index (χ2n) is 6.49. The number of benzene rings is 2. The molecule has 1 heterocycles. The van der Waals surface area contributed by atoms with Crippen molar-refractivity contribution in [1.82, 2.24) is 0 Å². The average Bonchev–Trinajstić information content (AvgIpc) is 2.66. The van der Waals surface area contributed by atoms with Gasteiger partial charge in [-0.1, -0.05) is 23.8 Å². The predicted octanol–water partition coefficient (Wildman–Crippen LogP) is 4.78. The van der Waals surface area contributed by atoms with Crippen LogP contribution in [-0.4, -0.2) is 26.2 Å². The molecule has 4 nitrogen and oxygen atoms in total. The van der Waals surface area contributed by atoms with Gasteiger partial charge < -0.3 is 14.8 Å². The van der Waals surface area contributed by atoms with Gasteiger partial charge in [0.15, 0.2) is 0 Å². The lowest BCUT2D eigenvalue weighted by Gasteiger charge is -2.17. The van der Waals surface area contributed by atoms with Crippen molar-refractivity contribution in [3.8, 4) is 5.75 Å². The molecule has 1 aliphatic heterocycles. The number of ether oxygens (including phenoxy) is 2. The van der Waals surface area contributed by atoms with E-state index >= 15 is 0 Å². The SMILES string of the molecule is COC(=O)c1ccc(/C=C(\C)CNc2ccc3c(c2)OCC(C)=C3)cc1. The number of esters is 1. The molecule has 0 atom stereocenters. The van der Waals surface area contributed by atoms with Gasteiger partial charge in [-0.2, -0.15) is 0 Å². The van der Waals surface area contributed by atoms with Crippen LogP contribution in [0.4, 0.5) is 5.69 Å². The molecule has 0 saturated heterocycles. The molecular formula is C22H23NO3. The quantitative estimate of drug-likeness (QED) is 0.789. The van der Waals surface area contributed by atoms with Crippen molar-refractivity contribution in [1.29, 1.82) is 0 Å². The number of carbonyl (C=O) groups is 1. The summed E-state index contributed by atoms with van der Waals surface area (Å²) in [5.74, 6) is 0.596. The molecule has 4 heteroatoms. The van der Waals surface area contributed by atoms with Gasteiger partial charge in [-0.15, -0.1) is 0 Å². The molecule has 0 unspecified atom stereocenters. The number of hydrogen-bond donors (Lipinski definition) is 1. The van der Waals surface area contributed by atoms with Crippen molar-refractivity contribution in [2.45, 2.75) is 13.8 Å². The zero-order valence-corrected chi connectivity index (χ0v) is 15.3. The number of fused-ring (bicyclic) bond motifs is 1. The maximum atomic E-state index is 11.5. The van der Waals surface area contributed by atoms with Crippen LogP contribution in [0.25, 0.3) is 12.2 Å². The normalized spacial score (nSPS) is 13.3. The molecule has 0 saturated carbocycles. The van der Waals surface area contributed by atoms with E-state index in [0.717, 1.165) is 29.1 Å². The Kier molecular flexibility index (Phi) is 5.42. The van der Waals surface area contributed by atoms with Gasteiger partial charge in [-0.3, -0.25) is 0 Å². The second kappa shape index (κ2) is 7.91. The first-order valence-corrected chi connectivity index (χ1v) is 8.58. The summed E-state index contributed by atoms with van der Waals surface area (Å²) >= 11 is 0. The average molecular weight is 349 g/mol. The Balaban J connectivity index is 1.62. The molecule has 134 valence electrons. The van der Waals surface area contributed by atoms with Crippen LogP contribution in [0.3, 0.4) is 0 Å². The lowest BCUT2D eigenvalue weighted by Crippen LogP contribution is -2.07. The van der Waals surface area contributed by atoms with Gasteiger partial charge in [0.2, 0.25) is 0 Å². The van der Waals surface area contributed by atoms with E-state index in [-0.39, 0.29) is 5.97 Å². The smallest absolute Gasteiger partial charge is 0.337 e. The molecular weight excluding hydrogens is 326 g/mol. The lowest BCUT2D eigenvalue weighted by atomic mass is 10.1. The first-order chi connectivity index (χ1) is 12.5. The van der Waals surface area contributed by atoms with Crippen molar-refractivity contribution in [2.75, 3.05) is 25.6 Å². The van der Waals surface area contributed by atoms with Gasteiger partial charge in [0.1, 0.15) is 12.4 Å². The lowest BCUT2D eigenvalue weighted by molar-refractivity contribution is 0.0600. The van der Waals surface area contributed by atoms with Gasteiger partial charge >= 0.3 is 5.97 Å². The molecule has 2 aromatic carbocycles. The Hall–Kier alpha value is -3.01. The van der Waals surface area contributed by atoms with E-state index in [1.165, 1.54) is 18.3 Å². The molecule has 0 bridgehead atoms. The Morgan fingerprint density at radius 1 is 1.23 bits per heavy atom. The minimum absolute atomic E-state index is 0.321. The van der Waals surface area contributed by atoms with Crippen LogP contribution in [0.1, 0.15) is 35.3 Å². The summed E-state index contributed by atoms with van der Waals surface area (Å²) in [4.78, 5) is 11.5. The van der Waals surface area contributed by atoms with E-state index in [1.807, 2.05) is 18.2 Å². The van der Waals surface area contributed by atoms with E-state index in [1.54, 1.807) is 12.1 Å². The topological polar surface area (TPSA) is 47.6 Å². The number of carbonyl (C=O) groups excluding carboxylic acids is 1. The van der Waals surface area contributed by atoms with Crippen LogP contribution >= 0.6 is 0 Å². The van der Waals surface area contributed by atoms with Crippen molar-refractivity contribution in [3.05, 3.63) is 70.3 Å². The fourth-order valence-corrected chi connectivity index (χ4v) is 2.80. The third-order valence-electron chi connectivity index (χ3n) is 4.19. The molecule has 1 N–H and O–H groups in total. The summed E-state index contributed by atoms with van der Waals surface area (Å²) in [5.41, 5.74) is 6.17. The Morgan fingerprint density at radius 3 is 2.73 bits per heavy atom. The van der Waals surface area contributed by atoms with Crippen LogP contribution in [0.5, 0.6) is 5.75 Å². The molecule has 0 amide bonds. The van der Waals surface area contributed by atoms with Crippen LogP contribution in [0, 0.1) is 0 Å². The molecule has 2 aromatic rings. The third kappa shape index (κ3) is 4.33. The summed E-state index contributed by atoms with van der Waals surface area (Å²) < 4.78 is 10.5. The van der Waals surface area contributed by atoms with Crippen LogP contribution in [-0.2, 0) is 4.74 Å². The van der Waals surface area contributed by atoms with Crippen molar-refractivity contribution in [3.63, 3.8) is 0 Å². The van der Waals surface area contributed by atoms with E-state index in [9.17, 15) is 4.79 Å². The van der Waals surface area contributed by atoms with Gasteiger partial charge in [-0.05, 0) is 55.3 Å². The maximum Gasteiger partial charge on any atom is 0.337 e. The first-order valence-electron chi connectivity index (χ1n) is 8.58. The number of methoxy groups -OCH3 is 1. The highest BCUT2D eigenvalue weighted by Crippen LogP contribution is 2.29. The fraction of sp³-hybridized carbons (Fsp3) is 0.227. The largest absolute Gasteiger partial charge is 0.489 e. The van der Waals surface area contributed by atoms with Crippen LogP contribution in [0.2, 0.25) is 0 Å². The summed E-state index contributed by atoms with van der Waals surface area (Å²) in [6, 6.07) is 13.6. The van der Waals surface area contributed by atoms with Crippen molar-refractivity contribution in [2.24, 2.45) is 0 Å². The summed E-state index contributed by atoms with van der Waals surface area (Å²) in [7, 11) is 1.38. The maximum absolute atomic E-state index is 11.5. The van der Waals surface area contributed by atoms with Gasteiger partial charge in [0, 0.05) is 23.9 Å². The van der Waals surface area contributed by atoms with E-state index in [2.05, 4.69) is 43.4 Å². The monoisotopic (exact) mass is 349 g/mol. The Bertz CT molecular complexity index is 863. The van der Waals surface area contributed by atoms with Crippen LogP contribution in [0.15, 0.2) is 53.6 Å². The Labute approximate surface area is 154 Å². The highest BCUT2D eigenvalue weighted by atomic mass is 16.5. The van der Waals surface area contributed by atoms with Gasteiger partial charge in [0.05, 0.1) is 12.7 Å². The zero-order valence-electron chi connectivity index (χ0n) is 15.3. The molecule has 0 spiro atoms. The second-order valence-corrected chi connectivity index (χ2v) is 6.49. The minimum atomic E-state index is -0.321. The molecule has 0 fully saturated rings. The standard InChI is InChI=1S/C22H23NO3/c1-15(10-17-4-6-18(7-5-17)22(24)25-3)13-23-20-9-8-19-11-16(2)14-26-21(19)12-20/h4-12,23H,13-14H2,1-3H3/b15-10+. The molecule has 0 radical (unpaired) electrons. The van der Waals surface area contributed by atoms with E-state index < -0.39 is 0 Å². The fourth-order valence-electron chi connectivity index (χ4n) is 2.80. The highest BCUT2D eigenvalue weighted by Gasteiger charge is 2.09. The van der Waals surface area contributed by atoms with Crippen molar-refractivity contribution >= 4 is 23.8 Å². The number of rotatable bonds is 5. The first kappa shape index (κ1) is 17.8. The van der Waals surface area contributed by atoms with Gasteiger partial charge in [-0.25, -0.2) is 4.79 Å². The van der Waals surface area contributed by atoms with E-state index in [4.69, 9.17) is 9.47 Å². The zero-order chi connectivity index (χ0) is 18.5. The number of anilines is 1. The van der Waals surface area contributed by atoms with Gasteiger partial charge in [0.25, 0.3) is 0 Å². The number of nitrogens with one attached hydrogen (secondary N) is 1. The van der Waals surface area contributed by atoms with Crippen molar-refractivity contribution < 1.29 is 14.3 Å². The predicted molar refractivity (Wildman–Crippen MR) is 106 cm³/mol. The van der Waals surface area contributed by atoms with Crippen LogP contribution < -0.4 is 10.1 Å². The summed E-state index contributed by atoms with van der Waals surface area (Å²) in [6.45, 7) is 5.52. The minimum Gasteiger partial charge on any atom is -0.489 e. The number of hydrogen-bond acceptors (Lipinski definition) is 4. The highest BCUT2D eigenvalue weighted by molar-refractivity contribution is 5.89. The van der Waals surface area contributed by atoms with E-state index in [0.29, 0.717) is 12.2 Å². The Morgan fingerprint density at radius 2 is 2.00 bits per heavy atom. The summed E-state index contributed by atoms with van der Waals surface area (Å²) in [5, 5.41) is 3.42. The molecule has 3 rings (SSSR count). The summed E-state index contributed by atoms with van der Waals surface area (Å²) in [6.07, 6.45) is 4.25. The molecule has 0 aromatic heterocycles. The molecule has 0 aliphatic carbocycles. The molecule has 26 heavy (non-hydrogen) atoms. The molecule has 1 aliphatic rings. The third-order valence-corrected chi connectivity index (χ3v) is 4.19.